The average molecular weight is 333 g/mol. The van der Waals surface area contributed by atoms with Crippen molar-refractivity contribution >= 4 is 5.91 Å². The molecule has 1 N–H and O–H groups in total. The number of benzene rings is 2. The highest BCUT2D eigenvalue weighted by Crippen LogP contribution is 2.27. The Hall–Kier alpha value is -2.92. The van der Waals surface area contributed by atoms with Gasteiger partial charge in [-0.15, -0.1) is 0 Å². The van der Waals surface area contributed by atoms with Crippen molar-refractivity contribution < 1.29 is 9.90 Å². The van der Waals surface area contributed by atoms with Crippen LogP contribution >= 0.6 is 0 Å². The third-order valence-corrected chi connectivity index (χ3v) is 4.60. The number of amides is 1. The Bertz CT molecular complexity index is 889. The maximum absolute atomic E-state index is 13.0. The Balaban J connectivity index is 1.62. The zero-order chi connectivity index (χ0) is 17.2. The highest BCUT2D eigenvalue weighted by molar-refractivity contribution is 5.94. The molecule has 2 heterocycles. The van der Waals surface area contributed by atoms with Crippen LogP contribution in [0.5, 0.6) is 0 Å². The van der Waals surface area contributed by atoms with Gasteiger partial charge in [0.25, 0.3) is 5.91 Å². The Morgan fingerprint density at radius 1 is 1.12 bits per heavy atom. The first kappa shape index (κ1) is 15.6. The molecular weight excluding hydrogens is 314 g/mol. The predicted molar refractivity (Wildman–Crippen MR) is 94.3 cm³/mol. The van der Waals surface area contributed by atoms with E-state index >= 15 is 0 Å². The van der Waals surface area contributed by atoms with Gasteiger partial charge in [0, 0.05) is 31.0 Å². The molecular formula is C20H19N3O2. The van der Waals surface area contributed by atoms with Crippen LogP contribution in [0.1, 0.15) is 34.0 Å². The molecule has 0 fully saturated rings. The third kappa shape index (κ3) is 3.06. The molecule has 0 bridgehead atoms. The number of carbonyl (C=O) groups is 1. The lowest BCUT2D eigenvalue weighted by Crippen LogP contribution is -2.30. The molecule has 1 amide bonds. The van der Waals surface area contributed by atoms with Crippen LogP contribution in [0, 0.1) is 0 Å². The Kier molecular flexibility index (Phi) is 4.07. The van der Waals surface area contributed by atoms with Crippen LogP contribution in [0.15, 0.2) is 67.0 Å². The number of hydrogen-bond acceptors (Lipinski definition) is 3. The van der Waals surface area contributed by atoms with Crippen LogP contribution in [0.4, 0.5) is 0 Å². The fourth-order valence-corrected chi connectivity index (χ4v) is 3.28. The smallest absolute Gasteiger partial charge is 0.254 e. The SMILES string of the molecule is O=C(c1cccc(-n2cccn2)c1)N1CCC(O)c2ccccc2C1. The van der Waals surface area contributed by atoms with E-state index in [9.17, 15) is 9.90 Å². The van der Waals surface area contributed by atoms with Crippen LogP contribution < -0.4 is 0 Å². The van der Waals surface area contributed by atoms with Gasteiger partial charge < -0.3 is 10.0 Å². The molecule has 5 heteroatoms. The quantitative estimate of drug-likeness (QED) is 0.784. The zero-order valence-corrected chi connectivity index (χ0v) is 13.7. The summed E-state index contributed by atoms with van der Waals surface area (Å²) in [6.07, 6.45) is 3.58. The highest BCUT2D eigenvalue weighted by atomic mass is 16.3. The standard InChI is InChI=1S/C20H19N3O2/c24-19-9-12-22(14-16-5-1-2-8-18(16)19)20(25)15-6-3-7-17(13-15)23-11-4-10-21-23/h1-8,10-11,13,19,24H,9,12,14H2. The molecule has 0 aliphatic carbocycles. The van der Waals surface area contributed by atoms with Gasteiger partial charge in [-0.05, 0) is 41.8 Å². The molecule has 1 aliphatic rings. The maximum atomic E-state index is 13.0. The number of hydrogen-bond donors (Lipinski definition) is 1. The lowest BCUT2D eigenvalue weighted by atomic mass is 10.0. The second-order valence-electron chi connectivity index (χ2n) is 6.23. The van der Waals surface area contributed by atoms with Crippen molar-refractivity contribution in [2.75, 3.05) is 6.54 Å². The molecule has 0 saturated heterocycles. The topological polar surface area (TPSA) is 58.4 Å². The molecule has 1 atom stereocenters. The van der Waals surface area contributed by atoms with E-state index in [-0.39, 0.29) is 5.91 Å². The predicted octanol–water partition coefficient (Wildman–Crippen LogP) is 2.95. The van der Waals surface area contributed by atoms with Crippen molar-refractivity contribution in [3.63, 3.8) is 0 Å². The summed E-state index contributed by atoms with van der Waals surface area (Å²) in [6, 6.07) is 17.1. The van der Waals surface area contributed by atoms with Gasteiger partial charge in [-0.2, -0.15) is 5.10 Å². The average Bonchev–Trinajstić information content (AvgIpc) is 3.14. The van der Waals surface area contributed by atoms with Crippen molar-refractivity contribution in [1.82, 2.24) is 14.7 Å². The number of nitrogens with zero attached hydrogens (tertiary/aromatic N) is 3. The van der Waals surface area contributed by atoms with E-state index < -0.39 is 6.10 Å². The molecule has 0 spiro atoms. The molecule has 4 rings (SSSR count). The van der Waals surface area contributed by atoms with E-state index in [1.807, 2.05) is 60.8 Å². The van der Waals surface area contributed by atoms with E-state index in [2.05, 4.69) is 5.10 Å². The summed E-state index contributed by atoms with van der Waals surface area (Å²) >= 11 is 0. The van der Waals surface area contributed by atoms with Gasteiger partial charge in [-0.25, -0.2) is 4.68 Å². The monoisotopic (exact) mass is 333 g/mol. The van der Waals surface area contributed by atoms with Crippen molar-refractivity contribution in [2.45, 2.75) is 19.1 Å². The van der Waals surface area contributed by atoms with Crippen LogP contribution in [0.2, 0.25) is 0 Å². The second-order valence-corrected chi connectivity index (χ2v) is 6.23. The summed E-state index contributed by atoms with van der Waals surface area (Å²) in [5, 5.41) is 14.5. The van der Waals surface area contributed by atoms with Crippen LogP contribution in [-0.2, 0) is 6.54 Å². The van der Waals surface area contributed by atoms with Crippen molar-refractivity contribution in [3.05, 3.63) is 83.7 Å². The number of rotatable bonds is 2. The summed E-state index contributed by atoms with van der Waals surface area (Å²) in [4.78, 5) is 14.8. The fourth-order valence-electron chi connectivity index (χ4n) is 3.28. The number of aliphatic hydroxyl groups is 1. The van der Waals surface area contributed by atoms with E-state index in [1.165, 1.54) is 0 Å². The normalized spacial score (nSPS) is 17.0. The van der Waals surface area contributed by atoms with Crippen LogP contribution in [0.3, 0.4) is 0 Å². The molecule has 1 aromatic heterocycles. The van der Waals surface area contributed by atoms with E-state index in [0.717, 1.165) is 16.8 Å². The van der Waals surface area contributed by atoms with Gasteiger partial charge in [-0.1, -0.05) is 30.3 Å². The maximum Gasteiger partial charge on any atom is 0.254 e. The molecule has 5 nitrogen and oxygen atoms in total. The summed E-state index contributed by atoms with van der Waals surface area (Å²) < 4.78 is 1.73. The molecule has 25 heavy (non-hydrogen) atoms. The number of fused-ring (bicyclic) bond motifs is 1. The Morgan fingerprint density at radius 3 is 2.84 bits per heavy atom. The molecule has 0 saturated carbocycles. The lowest BCUT2D eigenvalue weighted by Gasteiger charge is -2.21. The van der Waals surface area contributed by atoms with E-state index in [4.69, 9.17) is 0 Å². The summed E-state index contributed by atoms with van der Waals surface area (Å²) in [6.45, 7) is 1.04. The number of carbonyl (C=O) groups excluding carboxylic acids is 1. The summed E-state index contributed by atoms with van der Waals surface area (Å²) in [5.41, 5.74) is 3.40. The van der Waals surface area contributed by atoms with Gasteiger partial charge in [-0.3, -0.25) is 4.79 Å². The Morgan fingerprint density at radius 2 is 2.00 bits per heavy atom. The van der Waals surface area contributed by atoms with Gasteiger partial charge in [0.1, 0.15) is 0 Å². The van der Waals surface area contributed by atoms with Crippen LogP contribution in [-0.4, -0.2) is 32.2 Å². The van der Waals surface area contributed by atoms with E-state index in [1.54, 1.807) is 15.8 Å². The minimum atomic E-state index is -0.524. The highest BCUT2D eigenvalue weighted by Gasteiger charge is 2.24. The fraction of sp³-hybridized carbons (Fsp3) is 0.200. The molecule has 1 aliphatic heterocycles. The molecule has 3 aromatic rings. The van der Waals surface area contributed by atoms with Gasteiger partial charge in [0.2, 0.25) is 0 Å². The van der Waals surface area contributed by atoms with Crippen molar-refractivity contribution in [2.24, 2.45) is 0 Å². The zero-order valence-electron chi connectivity index (χ0n) is 13.7. The first-order chi connectivity index (χ1) is 12.2. The molecule has 1 unspecified atom stereocenters. The van der Waals surface area contributed by atoms with E-state index in [0.29, 0.717) is 25.1 Å². The first-order valence-electron chi connectivity index (χ1n) is 8.37. The minimum absolute atomic E-state index is 0.0297. The van der Waals surface area contributed by atoms with Gasteiger partial charge in [0.05, 0.1) is 11.8 Å². The largest absolute Gasteiger partial charge is 0.388 e. The number of aliphatic hydroxyl groups excluding tert-OH is 1. The Labute approximate surface area is 146 Å². The first-order valence-corrected chi connectivity index (χ1v) is 8.37. The van der Waals surface area contributed by atoms with Crippen molar-refractivity contribution in [3.8, 4) is 5.69 Å². The summed E-state index contributed by atoms with van der Waals surface area (Å²) in [7, 11) is 0. The van der Waals surface area contributed by atoms with Crippen LogP contribution in [0.25, 0.3) is 5.69 Å². The van der Waals surface area contributed by atoms with Crippen molar-refractivity contribution in [1.29, 1.82) is 0 Å². The third-order valence-electron chi connectivity index (χ3n) is 4.60. The molecule has 2 aromatic carbocycles. The van der Waals surface area contributed by atoms with Gasteiger partial charge >= 0.3 is 0 Å². The van der Waals surface area contributed by atoms with Gasteiger partial charge in [0.15, 0.2) is 0 Å². The molecule has 0 radical (unpaired) electrons. The number of aromatic nitrogens is 2. The second kappa shape index (κ2) is 6.53. The summed E-state index contributed by atoms with van der Waals surface area (Å²) in [5.74, 6) is -0.0297. The molecule has 126 valence electrons. The lowest BCUT2D eigenvalue weighted by molar-refractivity contribution is 0.0723. The minimum Gasteiger partial charge on any atom is -0.388 e.